The Kier molecular flexibility index (Phi) is 9.91. The third-order valence-electron chi connectivity index (χ3n) is 10.6. The number of nitrogens with one attached hydrogen (secondary N) is 2. The number of hydrogen-bond donors (Lipinski definition) is 3. The van der Waals surface area contributed by atoms with E-state index in [2.05, 4.69) is 40.5 Å². The van der Waals surface area contributed by atoms with Crippen LogP contribution in [0.1, 0.15) is 52.5 Å². The van der Waals surface area contributed by atoms with Crippen LogP contribution in [0.25, 0.3) is 0 Å². The Labute approximate surface area is 314 Å². The van der Waals surface area contributed by atoms with E-state index in [9.17, 15) is 28.7 Å². The van der Waals surface area contributed by atoms with E-state index in [4.69, 9.17) is 0 Å². The summed E-state index contributed by atoms with van der Waals surface area (Å²) in [6.45, 7) is 6.45. The summed E-state index contributed by atoms with van der Waals surface area (Å²) in [5.74, 6) is -1.73. The van der Waals surface area contributed by atoms with E-state index in [1.807, 2.05) is 24.3 Å². The number of piperazine rings is 1. The molecule has 8 rings (SSSR count). The number of carbonyl (C=O) groups excluding carboxylic acids is 4. The standard InChI is InChI=1S/C37H39FN10O5S/c38-24-2-5-30(49)29(19-24)33(34(51)41-36-39-10-18-54-36)48-21-23-1-4-27(20-28(23)35(48)52)45-11-7-26(8-12-45)46-16-14-44(15-17-46)22-25-3-6-31(43-42-25)47-13-9-32(50)40-37(47)53/h1-6,10,18-20,26,33,49H,7-9,11-17,21-22H2,(H,39,41,51)(H,40,50,53). The first kappa shape index (κ1) is 35.5. The lowest BCUT2D eigenvalue weighted by molar-refractivity contribution is -0.121. The van der Waals surface area contributed by atoms with Gasteiger partial charge in [-0.2, -0.15) is 5.10 Å². The van der Waals surface area contributed by atoms with Crippen LogP contribution in [0.15, 0.2) is 60.1 Å². The smallest absolute Gasteiger partial charge is 0.329 e. The number of fused-ring (bicyclic) bond motifs is 1. The fourth-order valence-electron chi connectivity index (χ4n) is 7.74. The van der Waals surface area contributed by atoms with Gasteiger partial charge < -0.3 is 14.9 Å². The number of benzene rings is 2. The summed E-state index contributed by atoms with van der Waals surface area (Å²) >= 11 is 1.22. The number of rotatable bonds is 9. The van der Waals surface area contributed by atoms with Crippen molar-refractivity contribution in [1.29, 1.82) is 0 Å². The number of thiazole rings is 1. The minimum absolute atomic E-state index is 0.000993. The van der Waals surface area contributed by atoms with Crippen molar-refractivity contribution < 1.29 is 28.7 Å². The largest absolute Gasteiger partial charge is 0.508 e. The number of amides is 5. The summed E-state index contributed by atoms with van der Waals surface area (Å²) in [6, 6.07) is 11.5. The molecule has 54 heavy (non-hydrogen) atoms. The van der Waals surface area contributed by atoms with Crippen molar-refractivity contribution in [3.8, 4) is 5.75 Å². The predicted molar refractivity (Wildman–Crippen MR) is 197 cm³/mol. The molecule has 17 heteroatoms. The lowest BCUT2D eigenvalue weighted by atomic mass is 10.0. The molecule has 0 radical (unpaired) electrons. The lowest BCUT2D eigenvalue weighted by Crippen LogP contribution is -2.53. The molecule has 280 valence electrons. The van der Waals surface area contributed by atoms with Gasteiger partial charge >= 0.3 is 6.03 Å². The van der Waals surface area contributed by atoms with Crippen molar-refractivity contribution in [1.82, 2.24) is 35.2 Å². The van der Waals surface area contributed by atoms with E-state index in [1.165, 1.54) is 27.2 Å². The first-order chi connectivity index (χ1) is 26.2. The zero-order valence-electron chi connectivity index (χ0n) is 29.4. The van der Waals surface area contributed by atoms with E-state index < -0.39 is 23.8 Å². The molecular formula is C37H39FN10O5S. The third kappa shape index (κ3) is 7.34. The molecule has 3 N–H and O–H groups in total. The number of aromatic nitrogens is 3. The summed E-state index contributed by atoms with van der Waals surface area (Å²) in [6.07, 6.45) is 3.75. The number of carbonyl (C=O) groups is 4. The van der Waals surface area contributed by atoms with E-state index in [-0.39, 0.29) is 42.6 Å². The van der Waals surface area contributed by atoms with Crippen molar-refractivity contribution in [2.45, 2.75) is 44.4 Å². The quantitative estimate of drug-likeness (QED) is 0.229. The number of anilines is 3. The van der Waals surface area contributed by atoms with Crippen LogP contribution >= 0.6 is 11.3 Å². The number of urea groups is 1. The summed E-state index contributed by atoms with van der Waals surface area (Å²) in [5, 5.41) is 26.3. The maximum Gasteiger partial charge on any atom is 0.329 e. The Morgan fingerprint density at radius 2 is 1.80 bits per heavy atom. The molecule has 0 bridgehead atoms. The maximum absolute atomic E-state index is 14.4. The fourth-order valence-corrected chi connectivity index (χ4v) is 8.27. The van der Waals surface area contributed by atoms with Crippen LogP contribution in [0.3, 0.4) is 0 Å². The van der Waals surface area contributed by atoms with Gasteiger partial charge in [0.15, 0.2) is 10.9 Å². The summed E-state index contributed by atoms with van der Waals surface area (Å²) in [7, 11) is 0. The molecule has 1 unspecified atom stereocenters. The SMILES string of the molecule is O=C1CCN(c2ccc(CN3CCN(C4CCN(c5ccc6c(c5)C(=O)N(C(C(=O)Nc5nccs5)c5cc(F)ccc5O)C6)CC4)CC3)nn2)C(=O)N1. The van der Waals surface area contributed by atoms with Crippen LogP contribution in [0.5, 0.6) is 5.75 Å². The van der Waals surface area contributed by atoms with Crippen molar-refractivity contribution >= 4 is 51.7 Å². The Morgan fingerprint density at radius 3 is 2.52 bits per heavy atom. The molecule has 2 aromatic carbocycles. The summed E-state index contributed by atoms with van der Waals surface area (Å²) < 4.78 is 14.4. The minimum atomic E-state index is -1.28. The minimum Gasteiger partial charge on any atom is -0.508 e. The number of halogens is 1. The number of piperidine rings is 1. The number of nitrogens with zero attached hydrogens (tertiary/aromatic N) is 8. The highest BCUT2D eigenvalue weighted by Crippen LogP contribution is 2.38. The normalized spacial score (nSPS) is 19.2. The van der Waals surface area contributed by atoms with Crippen LogP contribution < -0.4 is 20.4 Å². The molecule has 4 aliphatic rings. The molecular weight excluding hydrogens is 716 g/mol. The molecule has 5 amide bonds. The van der Waals surface area contributed by atoms with Crippen molar-refractivity contribution in [3.05, 3.63) is 88.3 Å². The number of aromatic hydroxyl groups is 1. The molecule has 2 aromatic heterocycles. The molecule has 4 aliphatic heterocycles. The molecule has 0 spiro atoms. The zero-order valence-corrected chi connectivity index (χ0v) is 30.2. The second kappa shape index (κ2) is 15.1. The highest BCUT2D eigenvalue weighted by molar-refractivity contribution is 7.13. The Hall–Kier alpha value is -5.52. The van der Waals surface area contributed by atoms with Crippen LogP contribution in [0.4, 0.5) is 25.8 Å². The van der Waals surface area contributed by atoms with Gasteiger partial charge in [-0.1, -0.05) is 6.07 Å². The Balaban J connectivity index is 0.858. The first-order valence-corrected chi connectivity index (χ1v) is 18.9. The molecule has 1 atom stereocenters. The van der Waals surface area contributed by atoms with Gasteiger partial charge in [0.2, 0.25) is 5.91 Å². The number of hydrogen-bond acceptors (Lipinski definition) is 12. The number of phenolic OH excluding ortho intramolecular Hbond substituents is 1. The zero-order chi connectivity index (χ0) is 37.3. The van der Waals surface area contributed by atoms with E-state index in [0.717, 1.165) is 81.2 Å². The van der Waals surface area contributed by atoms with Crippen molar-refractivity contribution in [3.63, 3.8) is 0 Å². The topological polar surface area (TPSA) is 167 Å². The molecule has 0 saturated carbocycles. The first-order valence-electron chi connectivity index (χ1n) is 18.0. The van der Waals surface area contributed by atoms with Crippen LogP contribution in [-0.4, -0.2) is 111 Å². The predicted octanol–water partition coefficient (Wildman–Crippen LogP) is 3.35. The Bertz CT molecular complexity index is 2050. The van der Waals surface area contributed by atoms with Crippen LogP contribution in [0, 0.1) is 5.82 Å². The molecule has 3 fully saturated rings. The van der Waals surface area contributed by atoms with Crippen LogP contribution in [-0.2, 0) is 22.7 Å². The second-order valence-corrected chi connectivity index (χ2v) is 14.8. The van der Waals surface area contributed by atoms with Gasteiger partial charge in [0, 0.05) is 99.8 Å². The third-order valence-corrected chi connectivity index (χ3v) is 11.3. The van der Waals surface area contributed by atoms with Gasteiger partial charge in [-0.05, 0) is 60.9 Å². The molecule has 4 aromatic rings. The lowest BCUT2D eigenvalue weighted by Gasteiger charge is -2.43. The van der Waals surface area contributed by atoms with Gasteiger partial charge in [-0.15, -0.1) is 16.4 Å². The average Bonchev–Trinajstić information content (AvgIpc) is 3.81. The molecule has 15 nitrogen and oxygen atoms in total. The highest BCUT2D eigenvalue weighted by Gasteiger charge is 2.40. The van der Waals surface area contributed by atoms with E-state index in [0.29, 0.717) is 29.1 Å². The van der Waals surface area contributed by atoms with Crippen LogP contribution in [0.2, 0.25) is 0 Å². The number of imide groups is 1. The van der Waals surface area contributed by atoms with Gasteiger partial charge in [-0.25, -0.2) is 14.2 Å². The summed E-state index contributed by atoms with van der Waals surface area (Å²) in [5.41, 5.74) is 3.01. The van der Waals surface area contributed by atoms with Gasteiger partial charge in [0.1, 0.15) is 17.6 Å². The average molecular weight is 755 g/mol. The molecule has 0 aliphatic carbocycles. The van der Waals surface area contributed by atoms with Crippen molar-refractivity contribution in [2.75, 3.05) is 60.9 Å². The van der Waals surface area contributed by atoms with Gasteiger partial charge in [0.05, 0.1) is 5.69 Å². The van der Waals surface area contributed by atoms with Gasteiger partial charge in [0.25, 0.3) is 11.8 Å². The summed E-state index contributed by atoms with van der Waals surface area (Å²) in [4.78, 5) is 65.2. The monoisotopic (exact) mass is 754 g/mol. The molecule has 3 saturated heterocycles. The number of phenols is 1. The van der Waals surface area contributed by atoms with E-state index >= 15 is 0 Å². The van der Waals surface area contributed by atoms with Crippen molar-refractivity contribution in [2.24, 2.45) is 0 Å². The maximum atomic E-state index is 14.4. The Morgan fingerprint density at radius 1 is 0.981 bits per heavy atom. The van der Waals surface area contributed by atoms with Gasteiger partial charge in [-0.3, -0.25) is 39.7 Å². The highest BCUT2D eigenvalue weighted by atomic mass is 32.1. The molecule has 6 heterocycles. The second-order valence-electron chi connectivity index (χ2n) is 13.9. The fraction of sp³-hybridized carbons (Fsp3) is 0.378. The van der Waals surface area contributed by atoms with E-state index in [1.54, 1.807) is 17.6 Å².